The fourth-order valence-corrected chi connectivity index (χ4v) is 3.61. The standard InChI is InChI=1S/C21H26N6O/c1-13-8-19(26-27-12-14(2)25-21(13)27)17-9-15(18(22)10-20(17)28-3)11-24-16-4-6-23-7-5-16/h8-12,16,23H,4-7,22H2,1-3H3. The molecule has 0 radical (unpaired) electrons. The molecular weight excluding hydrogens is 352 g/mol. The molecule has 1 fully saturated rings. The molecule has 1 aliphatic rings. The number of benzene rings is 1. The van der Waals surface area contributed by atoms with Crippen molar-refractivity contribution in [2.24, 2.45) is 4.99 Å². The molecule has 28 heavy (non-hydrogen) atoms. The highest BCUT2D eigenvalue weighted by Gasteiger charge is 2.15. The number of methoxy groups -OCH3 is 1. The topological polar surface area (TPSA) is 89.8 Å². The number of imidazole rings is 1. The molecule has 7 nitrogen and oxygen atoms in total. The van der Waals surface area contributed by atoms with Crippen LogP contribution in [0.2, 0.25) is 0 Å². The summed E-state index contributed by atoms with van der Waals surface area (Å²) in [4.78, 5) is 9.28. The Kier molecular flexibility index (Phi) is 5.00. The summed E-state index contributed by atoms with van der Waals surface area (Å²) in [7, 11) is 1.65. The second-order valence-corrected chi connectivity index (χ2v) is 7.30. The number of hydrogen-bond acceptors (Lipinski definition) is 6. The van der Waals surface area contributed by atoms with Crippen LogP contribution in [-0.4, -0.2) is 47.1 Å². The molecule has 1 saturated heterocycles. The lowest BCUT2D eigenvalue weighted by molar-refractivity contribution is 0.416. The Labute approximate surface area is 164 Å². The van der Waals surface area contributed by atoms with Crippen LogP contribution in [0.1, 0.15) is 29.7 Å². The lowest BCUT2D eigenvalue weighted by Crippen LogP contribution is -2.29. The summed E-state index contributed by atoms with van der Waals surface area (Å²) < 4.78 is 7.41. The first-order valence-electron chi connectivity index (χ1n) is 9.60. The zero-order valence-corrected chi connectivity index (χ0v) is 16.6. The van der Waals surface area contributed by atoms with Gasteiger partial charge in [-0.3, -0.25) is 4.99 Å². The van der Waals surface area contributed by atoms with E-state index in [0.29, 0.717) is 17.5 Å². The molecule has 0 saturated carbocycles. The van der Waals surface area contributed by atoms with Crippen molar-refractivity contribution in [1.82, 2.24) is 19.9 Å². The molecule has 0 unspecified atom stereocenters. The SMILES string of the molecule is COc1cc(N)c(C=NC2CCNCC2)cc1-c1cc(C)c2nc(C)cn2n1. The van der Waals surface area contributed by atoms with E-state index < -0.39 is 0 Å². The molecule has 0 amide bonds. The third-order valence-corrected chi connectivity index (χ3v) is 5.14. The zero-order valence-electron chi connectivity index (χ0n) is 16.6. The molecule has 3 heterocycles. The van der Waals surface area contributed by atoms with Crippen LogP contribution >= 0.6 is 0 Å². The highest BCUT2D eigenvalue weighted by Crippen LogP contribution is 2.33. The van der Waals surface area contributed by atoms with Gasteiger partial charge in [0, 0.05) is 29.1 Å². The fourth-order valence-electron chi connectivity index (χ4n) is 3.61. The van der Waals surface area contributed by atoms with Gasteiger partial charge >= 0.3 is 0 Å². The largest absolute Gasteiger partial charge is 0.496 e. The number of aromatic nitrogens is 3. The van der Waals surface area contributed by atoms with E-state index in [-0.39, 0.29) is 0 Å². The predicted octanol–water partition coefficient (Wildman–Crippen LogP) is 2.77. The van der Waals surface area contributed by atoms with E-state index in [9.17, 15) is 0 Å². The van der Waals surface area contributed by atoms with Crippen LogP contribution in [0.15, 0.2) is 29.4 Å². The number of nitrogen functional groups attached to an aromatic ring is 1. The van der Waals surface area contributed by atoms with Gasteiger partial charge in [-0.25, -0.2) is 9.50 Å². The molecule has 7 heteroatoms. The molecule has 3 aromatic rings. The Hall–Kier alpha value is -2.93. The molecule has 0 bridgehead atoms. The van der Waals surface area contributed by atoms with Crippen molar-refractivity contribution in [1.29, 1.82) is 0 Å². The summed E-state index contributed by atoms with van der Waals surface area (Å²) in [5.41, 5.74) is 12.4. The van der Waals surface area contributed by atoms with Gasteiger partial charge in [0.2, 0.25) is 0 Å². The predicted molar refractivity (Wildman–Crippen MR) is 112 cm³/mol. The Balaban J connectivity index is 1.76. The van der Waals surface area contributed by atoms with Gasteiger partial charge in [-0.1, -0.05) is 0 Å². The first-order chi connectivity index (χ1) is 13.5. The average molecular weight is 378 g/mol. The molecule has 0 aliphatic carbocycles. The molecular formula is C21H26N6O. The van der Waals surface area contributed by atoms with E-state index in [1.165, 1.54) is 0 Å². The molecule has 4 rings (SSSR count). The number of fused-ring (bicyclic) bond motifs is 1. The van der Waals surface area contributed by atoms with Crippen LogP contribution < -0.4 is 15.8 Å². The van der Waals surface area contributed by atoms with Gasteiger partial charge in [-0.05, 0) is 57.5 Å². The number of rotatable bonds is 4. The number of ether oxygens (including phenoxy) is 1. The summed E-state index contributed by atoms with van der Waals surface area (Å²) in [5, 5.41) is 8.10. The third-order valence-electron chi connectivity index (χ3n) is 5.14. The van der Waals surface area contributed by atoms with Crippen LogP contribution in [-0.2, 0) is 0 Å². The van der Waals surface area contributed by atoms with E-state index in [0.717, 1.165) is 59.7 Å². The minimum atomic E-state index is 0.344. The maximum atomic E-state index is 6.26. The van der Waals surface area contributed by atoms with Gasteiger partial charge in [-0.2, -0.15) is 5.10 Å². The first-order valence-corrected chi connectivity index (χ1v) is 9.60. The van der Waals surface area contributed by atoms with Crippen molar-refractivity contribution < 1.29 is 4.74 Å². The number of anilines is 1. The number of nitrogens with one attached hydrogen (secondary N) is 1. The van der Waals surface area contributed by atoms with E-state index in [4.69, 9.17) is 20.6 Å². The molecule has 1 aromatic carbocycles. The Morgan fingerprint density at radius 1 is 1.25 bits per heavy atom. The monoisotopic (exact) mass is 378 g/mol. The van der Waals surface area contributed by atoms with E-state index in [1.54, 1.807) is 7.11 Å². The van der Waals surface area contributed by atoms with E-state index in [1.807, 2.05) is 49.0 Å². The Morgan fingerprint density at radius 2 is 2.04 bits per heavy atom. The summed E-state index contributed by atoms with van der Waals surface area (Å²) in [5.74, 6) is 0.694. The zero-order chi connectivity index (χ0) is 19.7. The minimum absolute atomic E-state index is 0.344. The Bertz CT molecular complexity index is 1030. The summed E-state index contributed by atoms with van der Waals surface area (Å²) in [6.07, 6.45) is 5.92. The third kappa shape index (κ3) is 3.57. The van der Waals surface area contributed by atoms with Crippen molar-refractivity contribution in [3.05, 3.63) is 41.2 Å². The van der Waals surface area contributed by atoms with Crippen LogP contribution in [0.3, 0.4) is 0 Å². The normalized spacial score (nSPS) is 15.5. The highest BCUT2D eigenvalue weighted by atomic mass is 16.5. The van der Waals surface area contributed by atoms with Gasteiger partial charge < -0.3 is 15.8 Å². The van der Waals surface area contributed by atoms with Gasteiger partial charge in [0.25, 0.3) is 0 Å². The number of piperidine rings is 1. The van der Waals surface area contributed by atoms with E-state index in [2.05, 4.69) is 10.3 Å². The summed E-state index contributed by atoms with van der Waals surface area (Å²) in [6.45, 7) is 6.03. The van der Waals surface area contributed by atoms with Crippen molar-refractivity contribution in [3.8, 4) is 17.0 Å². The fraction of sp³-hybridized carbons (Fsp3) is 0.381. The van der Waals surface area contributed by atoms with Gasteiger partial charge in [-0.15, -0.1) is 0 Å². The Morgan fingerprint density at radius 3 is 2.79 bits per heavy atom. The molecule has 0 atom stereocenters. The highest BCUT2D eigenvalue weighted by molar-refractivity contribution is 5.91. The molecule has 1 aliphatic heterocycles. The smallest absolute Gasteiger partial charge is 0.156 e. The molecule has 2 aromatic heterocycles. The van der Waals surface area contributed by atoms with Crippen molar-refractivity contribution in [3.63, 3.8) is 0 Å². The average Bonchev–Trinajstić information content (AvgIpc) is 3.08. The quantitative estimate of drug-likeness (QED) is 0.538. The van der Waals surface area contributed by atoms with Gasteiger partial charge in [0.05, 0.1) is 30.7 Å². The lowest BCUT2D eigenvalue weighted by atomic mass is 10.0. The number of nitrogens with two attached hydrogens (primary N) is 1. The number of nitrogens with zero attached hydrogens (tertiary/aromatic N) is 4. The summed E-state index contributed by atoms with van der Waals surface area (Å²) >= 11 is 0. The van der Waals surface area contributed by atoms with Crippen molar-refractivity contribution >= 4 is 17.5 Å². The lowest BCUT2D eigenvalue weighted by Gasteiger charge is -2.19. The second-order valence-electron chi connectivity index (χ2n) is 7.30. The number of hydrogen-bond donors (Lipinski definition) is 2. The first kappa shape index (κ1) is 18.4. The van der Waals surface area contributed by atoms with Gasteiger partial charge in [0.15, 0.2) is 5.65 Å². The molecule has 146 valence electrons. The maximum absolute atomic E-state index is 6.26. The maximum Gasteiger partial charge on any atom is 0.156 e. The number of aliphatic imine (C=N–C) groups is 1. The number of aryl methyl sites for hydroxylation is 2. The second kappa shape index (κ2) is 7.59. The van der Waals surface area contributed by atoms with Crippen LogP contribution in [0.25, 0.3) is 16.9 Å². The van der Waals surface area contributed by atoms with Crippen molar-refractivity contribution in [2.75, 3.05) is 25.9 Å². The van der Waals surface area contributed by atoms with Crippen LogP contribution in [0, 0.1) is 13.8 Å². The van der Waals surface area contributed by atoms with Crippen LogP contribution in [0.4, 0.5) is 5.69 Å². The van der Waals surface area contributed by atoms with Gasteiger partial charge in [0.1, 0.15) is 5.75 Å². The minimum Gasteiger partial charge on any atom is -0.496 e. The summed E-state index contributed by atoms with van der Waals surface area (Å²) in [6, 6.07) is 6.23. The van der Waals surface area contributed by atoms with Crippen LogP contribution in [0.5, 0.6) is 5.75 Å². The molecule has 3 N–H and O–H groups in total. The molecule has 0 spiro atoms. The van der Waals surface area contributed by atoms with Crippen molar-refractivity contribution in [2.45, 2.75) is 32.7 Å². The van der Waals surface area contributed by atoms with E-state index >= 15 is 0 Å².